The van der Waals surface area contributed by atoms with Gasteiger partial charge in [0.1, 0.15) is 23.1 Å². The third-order valence-electron chi connectivity index (χ3n) is 8.33. The molecule has 1 aliphatic heterocycles. The molecule has 12 heteroatoms. The second kappa shape index (κ2) is 11.0. The lowest BCUT2D eigenvalue weighted by molar-refractivity contribution is 0.0816. The molecule has 41 heavy (non-hydrogen) atoms. The number of halogens is 2. The SMILES string of the molecule is CN1CCN(C2CCC(n3nc(-c4ccc(NS(=O)(=O)c5ccc(F)cc5)c(F)c4)c4c(N)nccc43)CC2)CC1. The summed E-state index contributed by atoms with van der Waals surface area (Å²) in [4.78, 5) is 9.07. The molecule has 1 aliphatic carbocycles. The summed E-state index contributed by atoms with van der Waals surface area (Å²) in [6.07, 6.45) is 5.79. The molecule has 3 heterocycles. The second-order valence-corrected chi connectivity index (χ2v) is 12.6. The number of fused-ring (bicyclic) bond motifs is 1. The third kappa shape index (κ3) is 5.51. The first-order valence-corrected chi connectivity index (χ1v) is 15.3. The number of rotatable bonds is 6. The molecule has 6 rings (SSSR count). The Bertz CT molecular complexity index is 1660. The summed E-state index contributed by atoms with van der Waals surface area (Å²) in [5.41, 5.74) is 7.88. The number of nitrogens with two attached hydrogens (primary N) is 1. The Morgan fingerprint density at radius 3 is 2.29 bits per heavy atom. The fourth-order valence-corrected chi connectivity index (χ4v) is 7.08. The van der Waals surface area contributed by atoms with Gasteiger partial charge >= 0.3 is 0 Å². The van der Waals surface area contributed by atoms with Crippen molar-refractivity contribution in [2.45, 2.75) is 42.7 Å². The molecule has 2 fully saturated rings. The second-order valence-electron chi connectivity index (χ2n) is 10.9. The molecule has 0 spiro atoms. The molecule has 1 saturated carbocycles. The number of nitrogen functional groups attached to an aromatic ring is 1. The van der Waals surface area contributed by atoms with Crippen molar-refractivity contribution in [3.05, 3.63) is 66.4 Å². The molecule has 2 aliphatic rings. The van der Waals surface area contributed by atoms with Crippen molar-refractivity contribution < 1.29 is 17.2 Å². The molecule has 0 atom stereocenters. The Morgan fingerprint density at radius 2 is 1.61 bits per heavy atom. The lowest BCUT2D eigenvalue weighted by atomic mass is 9.89. The summed E-state index contributed by atoms with van der Waals surface area (Å²) < 4.78 is 58.2. The van der Waals surface area contributed by atoms with Crippen molar-refractivity contribution in [1.29, 1.82) is 0 Å². The van der Waals surface area contributed by atoms with Gasteiger partial charge in [0.15, 0.2) is 0 Å². The van der Waals surface area contributed by atoms with E-state index in [2.05, 4.69) is 26.6 Å². The normalized spacial score (nSPS) is 20.9. The molecular weight excluding hydrogens is 548 g/mol. The highest BCUT2D eigenvalue weighted by atomic mass is 32.2. The first kappa shape index (κ1) is 27.6. The number of likely N-dealkylation sites (N-methyl/N-ethyl adjacent to an activating group) is 1. The Hall–Kier alpha value is -3.61. The van der Waals surface area contributed by atoms with Crippen LogP contribution in [0.4, 0.5) is 20.3 Å². The van der Waals surface area contributed by atoms with E-state index in [0.717, 1.165) is 81.6 Å². The van der Waals surface area contributed by atoms with Crippen LogP contribution in [0.1, 0.15) is 31.7 Å². The molecule has 2 aromatic carbocycles. The zero-order chi connectivity index (χ0) is 28.7. The van der Waals surface area contributed by atoms with Crippen molar-refractivity contribution in [3.63, 3.8) is 0 Å². The van der Waals surface area contributed by atoms with Gasteiger partial charge in [-0.2, -0.15) is 5.10 Å². The van der Waals surface area contributed by atoms with Crippen molar-refractivity contribution in [2.24, 2.45) is 0 Å². The zero-order valence-corrected chi connectivity index (χ0v) is 23.6. The highest BCUT2D eigenvalue weighted by molar-refractivity contribution is 7.92. The summed E-state index contributed by atoms with van der Waals surface area (Å²) in [6.45, 7) is 4.40. The van der Waals surface area contributed by atoms with Crippen LogP contribution < -0.4 is 10.5 Å². The van der Waals surface area contributed by atoms with Crippen LogP contribution >= 0.6 is 0 Å². The molecule has 216 valence electrons. The van der Waals surface area contributed by atoms with Gasteiger partial charge in [-0.25, -0.2) is 22.2 Å². The maximum atomic E-state index is 15.3. The number of pyridine rings is 1. The van der Waals surface area contributed by atoms with Gasteiger partial charge in [-0.05, 0) is 75.2 Å². The molecular formula is C29H33F2N7O2S. The van der Waals surface area contributed by atoms with Crippen LogP contribution in [-0.4, -0.2) is 72.3 Å². The van der Waals surface area contributed by atoms with Crippen LogP contribution in [0.25, 0.3) is 22.2 Å². The molecule has 2 aromatic heterocycles. The summed E-state index contributed by atoms with van der Waals surface area (Å²) in [7, 11) is -1.94. The van der Waals surface area contributed by atoms with Gasteiger partial charge in [-0.15, -0.1) is 0 Å². The van der Waals surface area contributed by atoms with Crippen LogP contribution in [0, 0.1) is 11.6 Å². The molecule has 3 N–H and O–H groups in total. The first-order valence-electron chi connectivity index (χ1n) is 13.8. The number of hydrogen-bond acceptors (Lipinski definition) is 7. The van der Waals surface area contributed by atoms with Crippen molar-refractivity contribution in [3.8, 4) is 11.3 Å². The predicted molar refractivity (Wildman–Crippen MR) is 155 cm³/mol. The summed E-state index contributed by atoms with van der Waals surface area (Å²) in [5, 5.41) is 5.57. The van der Waals surface area contributed by atoms with E-state index in [-0.39, 0.29) is 16.6 Å². The molecule has 0 bridgehead atoms. The summed E-state index contributed by atoms with van der Waals surface area (Å²) in [5.74, 6) is -1.04. The molecule has 0 unspecified atom stereocenters. The Balaban J connectivity index is 1.26. The van der Waals surface area contributed by atoms with Crippen molar-refractivity contribution >= 4 is 32.4 Å². The first-order chi connectivity index (χ1) is 19.7. The molecule has 0 amide bonds. The number of sulfonamides is 1. The fraction of sp³-hybridized carbons (Fsp3) is 0.379. The van der Waals surface area contributed by atoms with E-state index < -0.39 is 21.7 Å². The van der Waals surface area contributed by atoms with Gasteiger partial charge in [-0.3, -0.25) is 14.3 Å². The quantitative estimate of drug-likeness (QED) is 0.345. The van der Waals surface area contributed by atoms with Crippen LogP contribution in [0.15, 0.2) is 59.6 Å². The van der Waals surface area contributed by atoms with E-state index >= 15 is 4.39 Å². The number of piperazine rings is 1. The minimum Gasteiger partial charge on any atom is -0.383 e. The van der Waals surface area contributed by atoms with Crippen LogP contribution in [0.3, 0.4) is 0 Å². The van der Waals surface area contributed by atoms with E-state index in [1.807, 2.05) is 10.7 Å². The fourth-order valence-electron chi connectivity index (χ4n) is 6.01. The van der Waals surface area contributed by atoms with Crippen LogP contribution in [-0.2, 0) is 10.0 Å². The lowest BCUT2D eigenvalue weighted by Crippen LogP contribution is -2.49. The molecule has 4 aromatic rings. The average molecular weight is 582 g/mol. The van der Waals surface area contributed by atoms with Crippen LogP contribution in [0.2, 0.25) is 0 Å². The molecule has 9 nitrogen and oxygen atoms in total. The Morgan fingerprint density at radius 1 is 0.927 bits per heavy atom. The number of aromatic nitrogens is 3. The zero-order valence-electron chi connectivity index (χ0n) is 22.8. The molecule has 0 radical (unpaired) electrons. The topological polar surface area (TPSA) is 109 Å². The van der Waals surface area contributed by atoms with Gasteiger partial charge in [0, 0.05) is 44.0 Å². The number of nitrogens with zero attached hydrogens (tertiary/aromatic N) is 5. The highest BCUT2D eigenvalue weighted by Crippen LogP contribution is 2.38. The maximum Gasteiger partial charge on any atom is 0.261 e. The van der Waals surface area contributed by atoms with Crippen LogP contribution in [0.5, 0.6) is 0 Å². The van der Waals surface area contributed by atoms with E-state index in [1.54, 1.807) is 12.3 Å². The van der Waals surface area contributed by atoms with Gasteiger partial charge in [-0.1, -0.05) is 6.07 Å². The van der Waals surface area contributed by atoms with Gasteiger partial charge in [0.05, 0.1) is 27.5 Å². The third-order valence-corrected chi connectivity index (χ3v) is 9.71. The highest BCUT2D eigenvalue weighted by Gasteiger charge is 2.30. The van der Waals surface area contributed by atoms with Crippen molar-refractivity contribution in [2.75, 3.05) is 43.7 Å². The average Bonchev–Trinajstić information content (AvgIpc) is 3.36. The lowest BCUT2D eigenvalue weighted by Gasteiger charge is -2.41. The standard InChI is InChI=1S/C29H33F2N7O2S/c1-36-14-16-37(17-15-36)21-5-7-22(8-6-21)38-26-12-13-33-29(32)27(26)28(34-38)19-2-11-25(24(31)18-19)35-41(39,40)23-9-3-20(30)4-10-23/h2-4,9-13,18,21-22,35H,5-8,14-17H2,1H3,(H2,32,33). The smallest absolute Gasteiger partial charge is 0.261 e. The minimum atomic E-state index is -4.11. The summed E-state index contributed by atoms with van der Waals surface area (Å²) in [6, 6.07) is 11.2. The Labute approximate surface area is 238 Å². The number of anilines is 2. The van der Waals surface area contributed by atoms with E-state index in [0.29, 0.717) is 28.5 Å². The monoisotopic (exact) mass is 581 g/mol. The predicted octanol–water partition coefficient (Wildman–Crippen LogP) is 4.49. The van der Waals surface area contributed by atoms with Gasteiger partial charge in [0.25, 0.3) is 10.0 Å². The molecule has 1 saturated heterocycles. The van der Waals surface area contributed by atoms with Gasteiger partial charge < -0.3 is 10.6 Å². The minimum absolute atomic E-state index is 0.173. The number of hydrogen-bond donors (Lipinski definition) is 2. The van der Waals surface area contributed by atoms with Crippen molar-refractivity contribution in [1.82, 2.24) is 24.6 Å². The van der Waals surface area contributed by atoms with E-state index in [9.17, 15) is 12.8 Å². The van der Waals surface area contributed by atoms with E-state index in [4.69, 9.17) is 10.8 Å². The Kier molecular flexibility index (Phi) is 7.39. The summed E-state index contributed by atoms with van der Waals surface area (Å²) >= 11 is 0. The van der Waals surface area contributed by atoms with E-state index in [1.165, 1.54) is 12.1 Å². The maximum absolute atomic E-state index is 15.3. The number of benzene rings is 2. The van der Waals surface area contributed by atoms with Gasteiger partial charge in [0.2, 0.25) is 0 Å². The largest absolute Gasteiger partial charge is 0.383 e. The number of nitrogens with one attached hydrogen (secondary N) is 1.